The van der Waals surface area contributed by atoms with E-state index in [0.717, 1.165) is 50.2 Å². The molecule has 0 radical (unpaired) electrons. The second-order valence-electron chi connectivity index (χ2n) is 7.32. The van der Waals surface area contributed by atoms with Gasteiger partial charge in [0.05, 0.1) is 18.4 Å². The lowest BCUT2D eigenvalue weighted by atomic mass is 9.82. The summed E-state index contributed by atoms with van der Waals surface area (Å²) < 4.78 is 12.8. The number of aromatic nitrogens is 2. The Labute approximate surface area is 147 Å². The summed E-state index contributed by atoms with van der Waals surface area (Å²) in [5, 5.41) is 3.10. The van der Waals surface area contributed by atoms with Gasteiger partial charge in [0.25, 0.3) is 5.91 Å². The predicted molar refractivity (Wildman–Crippen MR) is 94.2 cm³/mol. The zero-order valence-corrected chi connectivity index (χ0v) is 14.8. The number of fused-ring (bicyclic) bond motifs is 1. The fraction of sp³-hybridized carbons (Fsp3) is 0.579. The Balaban J connectivity index is 1.61. The summed E-state index contributed by atoms with van der Waals surface area (Å²) >= 11 is 0. The van der Waals surface area contributed by atoms with Crippen LogP contribution >= 0.6 is 0 Å². The molecule has 1 amide bonds. The van der Waals surface area contributed by atoms with Crippen molar-refractivity contribution in [3.05, 3.63) is 29.7 Å². The predicted octanol–water partition coefficient (Wildman–Crippen LogP) is 2.77. The monoisotopic (exact) mass is 343 g/mol. The van der Waals surface area contributed by atoms with Crippen molar-refractivity contribution in [2.75, 3.05) is 20.3 Å². The van der Waals surface area contributed by atoms with Gasteiger partial charge < -0.3 is 19.2 Å². The van der Waals surface area contributed by atoms with Crippen LogP contribution in [-0.2, 0) is 4.74 Å². The van der Waals surface area contributed by atoms with Gasteiger partial charge in [-0.3, -0.25) is 4.79 Å². The van der Waals surface area contributed by atoms with E-state index in [0.29, 0.717) is 23.1 Å². The molecule has 0 atom stereocenters. The van der Waals surface area contributed by atoms with Crippen molar-refractivity contribution in [3.63, 3.8) is 0 Å². The van der Waals surface area contributed by atoms with Gasteiger partial charge in [0.15, 0.2) is 0 Å². The van der Waals surface area contributed by atoms with Gasteiger partial charge in [0.1, 0.15) is 11.4 Å². The summed E-state index contributed by atoms with van der Waals surface area (Å²) in [7, 11) is 1.59. The molecule has 25 heavy (non-hydrogen) atoms. The SMILES string of the molecule is COc1cc2nc(C3CCOCC3)cn2cc1C(=O)NC1CC(C)C1. The first-order valence-electron chi connectivity index (χ1n) is 9.09. The van der Waals surface area contributed by atoms with Crippen molar-refractivity contribution in [3.8, 4) is 5.75 Å². The Morgan fingerprint density at radius 1 is 1.32 bits per heavy atom. The number of rotatable bonds is 4. The van der Waals surface area contributed by atoms with E-state index < -0.39 is 0 Å². The van der Waals surface area contributed by atoms with Gasteiger partial charge in [0, 0.05) is 43.6 Å². The van der Waals surface area contributed by atoms with Gasteiger partial charge in [-0.2, -0.15) is 0 Å². The van der Waals surface area contributed by atoms with Crippen LogP contribution in [0.25, 0.3) is 5.65 Å². The molecule has 6 nitrogen and oxygen atoms in total. The number of carbonyl (C=O) groups excluding carboxylic acids is 1. The number of ether oxygens (including phenoxy) is 2. The number of methoxy groups -OCH3 is 1. The molecule has 1 N–H and O–H groups in total. The molecule has 0 unspecified atom stereocenters. The minimum Gasteiger partial charge on any atom is -0.496 e. The topological polar surface area (TPSA) is 64.9 Å². The molecule has 0 aromatic carbocycles. The molecule has 0 spiro atoms. The number of nitrogens with one attached hydrogen (secondary N) is 1. The van der Waals surface area contributed by atoms with Crippen LogP contribution in [0.1, 0.15) is 54.6 Å². The molecular formula is C19H25N3O3. The van der Waals surface area contributed by atoms with Crippen molar-refractivity contribution >= 4 is 11.6 Å². The fourth-order valence-electron chi connectivity index (χ4n) is 3.85. The van der Waals surface area contributed by atoms with E-state index in [1.165, 1.54) is 0 Å². The van der Waals surface area contributed by atoms with Gasteiger partial charge in [-0.05, 0) is 31.6 Å². The molecule has 1 saturated carbocycles. The average molecular weight is 343 g/mol. The van der Waals surface area contributed by atoms with Crippen LogP contribution in [0.15, 0.2) is 18.5 Å². The highest BCUT2D eigenvalue weighted by Gasteiger charge is 2.28. The maximum absolute atomic E-state index is 12.6. The minimum absolute atomic E-state index is 0.0723. The second kappa shape index (κ2) is 6.67. The summed E-state index contributed by atoms with van der Waals surface area (Å²) in [5.41, 5.74) is 2.44. The standard InChI is InChI=1S/C19H25N3O3/c1-12-7-14(8-12)20-19(23)15-10-22-11-16(13-3-5-25-6-4-13)21-18(22)9-17(15)24-2/h9-14H,3-8H2,1-2H3,(H,20,23). The van der Waals surface area contributed by atoms with Gasteiger partial charge in [0.2, 0.25) is 0 Å². The van der Waals surface area contributed by atoms with Crippen LogP contribution < -0.4 is 10.1 Å². The van der Waals surface area contributed by atoms with E-state index in [-0.39, 0.29) is 11.9 Å². The third-order valence-electron chi connectivity index (χ3n) is 5.39. The highest BCUT2D eigenvalue weighted by molar-refractivity contribution is 5.97. The summed E-state index contributed by atoms with van der Waals surface area (Å²) in [6.07, 6.45) is 7.96. The molecule has 134 valence electrons. The number of imidazole rings is 1. The Hall–Kier alpha value is -2.08. The lowest BCUT2D eigenvalue weighted by Gasteiger charge is -2.33. The molecule has 1 saturated heterocycles. The Kier molecular flexibility index (Phi) is 4.37. The molecule has 1 aliphatic carbocycles. The molecule has 2 aromatic rings. The molecule has 4 rings (SSSR count). The highest BCUT2D eigenvalue weighted by atomic mass is 16.5. The van der Waals surface area contributed by atoms with Crippen LogP contribution in [0.2, 0.25) is 0 Å². The summed E-state index contributed by atoms with van der Waals surface area (Å²) in [5.74, 6) is 1.62. The summed E-state index contributed by atoms with van der Waals surface area (Å²) in [6.45, 7) is 3.78. The number of nitrogens with zero attached hydrogens (tertiary/aromatic N) is 2. The first-order valence-corrected chi connectivity index (χ1v) is 9.09. The second-order valence-corrected chi connectivity index (χ2v) is 7.32. The van der Waals surface area contributed by atoms with Crippen molar-refractivity contribution < 1.29 is 14.3 Å². The van der Waals surface area contributed by atoms with Crippen LogP contribution in [0.5, 0.6) is 5.75 Å². The van der Waals surface area contributed by atoms with Crippen molar-refractivity contribution in [2.24, 2.45) is 5.92 Å². The van der Waals surface area contributed by atoms with E-state index in [4.69, 9.17) is 14.5 Å². The van der Waals surface area contributed by atoms with Gasteiger partial charge in [-0.1, -0.05) is 6.92 Å². The van der Waals surface area contributed by atoms with E-state index >= 15 is 0 Å². The number of pyridine rings is 1. The zero-order chi connectivity index (χ0) is 17.4. The van der Waals surface area contributed by atoms with Crippen LogP contribution in [0.4, 0.5) is 0 Å². The minimum atomic E-state index is -0.0723. The molecule has 0 bridgehead atoms. The van der Waals surface area contributed by atoms with Crippen molar-refractivity contribution in [1.82, 2.24) is 14.7 Å². The van der Waals surface area contributed by atoms with Crippen LogP contribution in [0.3, 0.4) is 0 Å². The highest BCUT2D eigenvalue weighted by Crippen LogP contribution is 2.30. The van der Waals surface area contributed by atoms with E-state index in [9.17, 15) is 4.79 Å². The summed E-state index contributed by atoms with van der Waals surface area (Å²) in [6, 6.07) is 2.13. The fourth-order valence-corrected chi connectivity index (χ4v) is 3.85. The first-order chi connectivity index (χ1) is 12.1. The van der Waals surface area contributed by atoms with Gasteiger partial charge >= 0.3 is 0 Å². The Morgan fingerprint density at radius 3 is 2.76 bits per heavy atom. The first kappa shape index (κ1) is 16.4. The lowest BCUT2D eigenvalue weighted by molar-refractivity contribution is 0.0846. The normalized spacial score (nSPS) is 24.1. The quantitative estimate of drug-likeness (QED) is 0.927. The van der Waals surface area contributed by atoms with E-state index in [2.05, 4.69) is 12.2 Å². The van der Waals surface area contributed by atoms with E-state index in [1.807, 2.05) is 22.9 Å². The maximum atomic E-state index is 12.6. The van der Waals surface area contributed by atoms with Crippen molar-refractivity contribution in [2.45, 2.75) is 44.6 Å². The van der Waals surface area contributed by atoms with E-state index in [1.54, 1.807) is 7.11 Å². The third-order valence-corrected chi connectivity index (χ3v) is 5.39. The molecule has 2 fully saturated rings. The molecule has 2 aliphatic rings. The third kappa shape index (κ3) is 3.23. The molecule has 2 aromatic heterocycles. The van der Waals surface area contributed by atoms with Gasteiger partial charge in [-0.15, -0.1) is 0 Å². The molecule has 1 aliphatic heterocycles. The number of amides is 1. The van der Waals surface area contributed by atoms with Crippen molar-refractivity contribution in [1.29, 1.82) is 0 Å². The van der Waals surface area contributed by atoms with Gasteiger partial charge in [-0.25, -0.2) is 4.98 Å². The molecular weight excluding hydrogens is 318 g/mol. The number of hydrogen-bond donors (Lipinski definition) is 1. The smallest absolute Gasteiger partial charge is 0.256 e. The Bertz CT molecular complexity index is 774. The number of hydrogen-bond acceptors (Lipinski definition) is 4. The maximum Gasteiger partial charge on any atom is 0.256 e. The largest absolute Gasteiger partial charge is 0.496 e. The van der Waals surface area contributed by atoms with Crippen LogP contribution in [-0.4, -0.2) is 41.7 Å². The molecule has 6 heteroatoms. The zero-order valence-electron chi connectivity index (χ0n) is 14.8. The average Bonchev–Trinajstić information content (AvgIpc) is 3.03. The molecule has 3 heterocycles. The number of carbonyl (C=O) groups is 1. The summed E-state index contributed by atoms with van der Waals surface area (Å²) in [4.78, 5) is 17.4. The van der Waals surface area contributed by atoms with Crippen LogP contribution in [0, 0.1) is 5.92 Å². The lowest BCUT2D eigenvalue weighted by Crippen LogP contribution is -2.43. The Morgan fingerprint density at radius 2 is 2.08 bits per heavy atom.